The van der Waals surface area contributed by atoms with Gasteiger partial charge in [-0.1, -0.05) is 52.0 Å². The molecule has 59 heavy (non-hydrogen) atoms. The number of hydrogen-bond donors (Lipinski definition) is 4. The first-order valence-electron chi connectivity index (χ1n) is 20.2. The Balaban J connectivity index is 1.03. The molecule has 15 heteroatoms. The van der Waals surface area contributed by atoms with Gasteiger partial charge < -0.3 is 39.9 Å². The second kappa shape index (κ2) is 16.0. The first-order chi connectivity index (χ1) is 28.4. The van der Waals surface area contributed by atoms with Gasteiger partial charge in [-0.05, 0) is 96.9 Å². The van der Waals surface area contributed by atoms with Crippen LogP contribution in [0.1, 0.15) is 71.7 Å². The Morgan fingerprint density at radius 2 is 1.49 bits per heavy atom. The van der Waals surface area contributed by atoms with Crippen molar-refractivity contribution in [2.24, 2.45) is 11.8 Å². The first-order valence-corrected chi connectivity index (χ1v) is 21.0. The van der Waals surface area contributed by atoms with Gasteiger partial charge in [-0.3, -0.25) is 9.59 Å². The van der Waals surface area contributed by atoms with E-state index in [1.165, 1.54) is 14.2 Å². The molecule has 2 fully saturated rings. The highest BCUT2D eigenvalue weighted by Gasteiger charge is 2.43. The van der Waals surface area contributed by atoms with Crippen molar-refractivity contribution in [3.05, 3.63) is 72.8 Å². The zero-order chi connectivity index (χ0) is 41.6. The fourth-order valence-corrected chi connectivity index (χ4v) is 9.45. The maximum atomic E-state index is 13.7. The Kier molecular flexibility index (Phi) is 10.8. The highest BCUT2D eigenvalue weighted by atomic mass is 32.1. The average Bonchev–Trinajstić information content (AvgIpc) is 4.05. The molecule has 0 spiro atoms. The molecule has 8 rings (SSSR count). The third kappa shape index (κ3) is 7.47. The molecule has 3 atom stereocenters. The van der Waals surface area contributed by atoms with E-state index in [-0.39, 0.29) is 29.7 Å². The van der Waals surface area contributed by atoms with Crippen LogP contribution in [0.5, 0.6) is 0 Å². The molecular formula is C44H50N8O6S. The molecule has 0 unspecified atom stereocenters. The smallest absolute Gasteiger partial charge is 0.407 e. The summed E-state index contributed by atoms with van der Waals surface area (Å²) < 4.78 is 11.6. The summed E-state index contributed by atoms with van der Waals surface area (Å²) >= 11 is 1.71. The van der Waals surface area contributed by atoms with Crippen LogP contribution >= 0.6 is 11.3 Å². The quantitative estimate of drug-likeness (QED) is 0.102. The maximum Gasteiger partial charge on any atom is 0.407 e. The van der Waals surface area contributed by atoms with E-state index in [4.69, 9.17) is 19.4 Å². The number of aromatic nitrogens is 4. The lowest BCUT2D eigenvalue weighted by Gasteiger charge is -2.44. The number of benzene rings is 3. The van der Waals surface area contributed by atoms with Crippen LogP contribution in [0, 0.1) is 11.8 Å². The van der Waals surface area contributed by atoms with Crippen molar-refractivity contribution in [2.75, 3.05) is 20.8 Å². The minimum absolute atomic E-state index is 0.113. The number of carbonyl (C=O) groups excluding carboxylic acids is 4. The number of ether oxygens (including phenoxy) is 2. The van der Waals surface area contributed by atoms with Gasteiger partial charge in [-0.25, -0.2) is 19.6 Å². The third-order valence-electron chi connectivity index (χ3n) is 11.9. The zero-order valence-corrected chi connectivity index (χ0v) is 34.9. The predicted octanol–water partition coefficient (Wildman–Crippen LogP) is 7.84. The van der Waals surface area contributed by atoms with Crippen LogP contribution in [0.3, 0.4) is 0 Å². The SMILES string of the molecule is COC(=O)N[C@H](C(=O)NC1(n2cnc3ccc(-c4ccc(-c5ccc6c(ccc7nc([C@@H]8CCCN8C(=O)[C@@H](NC(=O)OC)C(C)C)[nH]c76)c5)s4)cc32)CCC1)C(C)C. The Morgan fingerprint density at radius 1 is 0.831 bits per heavy atom. The molecule has 0 radical (unpaired) electrons. The maximum absolute atomic E-state index is 13.7. The fourth-order valence-electron chi connectivity index (χ4n) is 8.45. The summed E-state index contributed by atoms with van der Waals surface area (Å²) in [7, 11) is 2.58. The number of methoxy groups -OCH3 is 2. The molecular weight excluding hydrogens is 769 g/mol. The number of imidazole rings is 2. The minimum Gasteiger partial charge on any atom is -0.453 e. The Morgan fingerprint density at radius 3 is 2.15 bits per heavy atom. The second-order valence-corrected chi connectivity index (χ2v) is 17.4. The van der Waals surface area contributed by atoms with Gasteiger partial charge in [0, 0.05) is 21.7 Å². The van der Waals surface area contributed by atoms with Gasteiger partial charge in [0.15, 0.2) is 0 Å². The lowest BCUT2D eigenvalue weighted by molar-refractivity contribution is -0.135. The zero-order valence-electron chi connectivity index (χ0n) is 34.1. The third-order valence-corrected chi connectivity index (χ3v) is 13.0. The summed E-state index contributed by atoms with van der Waals surface area (Å²) in [5.41, 5.74) is 5.03. The van der Waals surface area contributed by atoms with Crippen molar-refractivity contribution in [3.63, 3.8) is 0 Å². The van der Waals surface area contributed by atoms with E-state index < -0.39 is 29.9 Å². The number of rotatable bonds is 11. The van der Waals surface area contributed by atoms with E-state index in [0.29, 0.717) is 6.54 Å². The van der Waals surface area contributed by atoms with E-state index >= 15 is 0 Å². The van der Waals surface area contributed by atoms with Crippen LogP contribution in [0.15, 0.2) is 67.0 Å². The van der Waals surface area contributed by atoms with E-state index in [1.54, 1.807) is 17.7 Å². The highest BCUT2D eigenvalue weighted by Crippen LogP contribution is 2.42. The minimum atomic E-state index is -0.741. The van der Waals surface area contributed by atoms with Crippen molar-refractivity contribution in [1.82, 2.24) is 40.4 Å². The molecule has 6 aromatic rings. The van der Waals surface area contributed by atoms with E-state index in [9.17, 15) is 19.2 Å². The summed E-state index contributed by atoms with van der Waals surface area (Å²) in [6, 6.07) is 19.4. The first kappa shape index (κ1) is 39.8. The summed E-state index contributed by atoms with van der Waals surface area (Å²) in [6.07, 6.45) is 4.62. The van der Waals surface area contributed by atoms with Crippen LogP contribution in [0.2, 0.25) is 0 Å². The normalized spacial score (nSPS) is 17.3. The molecule has 4 heterocycles. The number of carbonyl (C=O) groups is 4. The summed E-state index contributed by atoms with van der Waals surface area (Å²) in [6.45, 7) is 8.19. The van der Waals surface area contributed by atoms with Gasteiger partial charge >= 0.3 is 12.2 Å². The molecule has 1 aliphatic carbocycles. The van der Waals surface area contributed by atoms with Crippen LogP contribution < -0.4 is 16.0 Å². The molecule has 3 aromatic heterocycles. The number of fused-ring (bicyclic) bond motifs is 4. The number of nitrogens with one attached hydrogen (secondary N) is 4. The number of H-pyrrole nitrogens is 1. The Labute approximate surface area is 346 Å². The molecule has 1 aliphatic heterocycles. The second-order valence-electron chi connectivity index (χ2n) is 16.3. The molecule has 308 valence electrons. The van der Waals surface area contributed by atoms with E-state index in [2.05, 4.69) is 74.0 Å². The summed E-state index contributed by atoms with van der Waals surface area (Å²) in [5.74, 6) is 0.0969. The topological polar surface area (TPSA) is 173 Å². The molecule has 0 bridgehead atoms. The highest BCUT2D eigenvalue weighted by molar-refractivity contribution is 7.18. The largest absolute Gasteiger partial charge is 0.453 e. The van der Waals surface area contributed by atoms with Crippen LogP contribution in [-0.2, 0) is 24.7 Å². The van der Waals surface area contributed by atoms with Crippen molar-refractivity contribution in [2.45, 2.75) is 83.6 Å². The van der Waals surface area contributed by atoms with Crippen molar-refractivity contribution < 1.29 is 28.7 Å². The van der Waals surface area contributed by atoms with Crippen LogP contribution in [0.4, 0.5) is 9.59 Å². The number of likely N-dealkylation sites (tertiary alicyclic amines) is 1. The molecule has 14 nitrogen and oxygen atoms in total. The van der Waals surface area contributed by atoms with Crippen LogP contribution in [-0.4, -0.2) is 81.3 Å². The standard InChI is InChI=1S/C44H50N8O6S/c1-24(2)36(48-42(55)57-5)40(53)50-44(18-8-19-44)52-23-45-30-14-12-28(22-33(30)52)35-17-16-34(59-35)27-10-13-29-26(21-27)11-15-31-38(29)47-39(46-31)32-9-7-20-51(32)41(54)37(25(3)4)49-43(56)58-6/h10-17,21-25,32,36-37H,7-9,18-20H2,1-6H3,(H,46,47)(H,48,55)(H,49,56)(H,50,53)/t32-,36-,37-/m0/s1. The van der Waals surface area contributed by atoms with Gasteiger partial charge in [0.2, 0.25) is 11.8 Å². The van der Waals surface area contributed by atoms with Crippen molar-refractivity contribution in [3.8, 4) is 20.9 Å². The Bertz CT molecular complexity index is 2570. The molecule has 1 saturated heterocycles. The monoisotopic (exact) mass is 818 g/mol. The van der Waals surface area contributed by atoms with E-state index in [0.717, 1.165) is 91.6 Å². The predicted molar refractivity (Wildman–Crippen MR) is 228 cm³/mol. The average molecular weight is 819 g/mol. The van der Waals surface area contributed by atoms with Crippen molar-refractivity contribution in [1.29, 1.82) is 0 Å². The number of thiophene rings is 1. The van der Waals surface area contributed by atoms with E-state index in [1.807, 2.05) is 44.7 Å². The number of alkyl carbamates (subject to hydrolysis) is 2. The molecule has 3 aromatic carbocycles. The number of hydrogen-bond acceptors (Lipinski definition) is 9. The number of amides is 4. The van der Waals surface area contributed by atoms with Gasteiger partial charge in [0.1, 0.15) is 23.6 Å². The molecule has 4 N–H and O–H groups in total. The van der Waals surface area contributed by atoms with Crippen molar-refractivity contribution >= 4 is 68.2 Å². The van der Waals surface area contributed by atoms with Gasteiger partial charge in [-0.2, -0.15) is 0 Å². The fraction of sp³-hybridized carbons (Fsp3) is 0.409. The van der Waals surface area contributed by atoms with Crippen LogP contribution in [0.25, 0.3) is 53.7 Å². The van der Waals surface area contributed by atoms with Gasteiger partial charge in [0.25, 0.3) is 0 Å². The summed E-state index contributed by atoms with van der Waals surface area (Å²) in [5, 5.41) is 10.8. The molecule has 4 amide bonds. The number of nitrogens with zero attached hydrogens (tertiary/aromatic N) is 4. The molecule has 1 saturated carbocycles. The lowest BCUT2D eigenvalue weighted by atomic mass is 9.83. The number of aromatic amines is 1. The van der Waals surface area contributed by atoms with Gasteiger partial charge in [-0.15, -0.1) is 11.3 Å². The molecule has 2 aliphatic rings. The summed E-state index contributed by atoms with van der Waals surface area (Å²) in [4.78, 5) is 68.7. The lowest BCUT2D eigenvalue weighted by Crippen LogP contribution is -2.60. The van der Waals surface area contributed by atoms with Gasteiger partial charge in [0.05, 0.1) is 48.7 Å². The Hall–Kier alpha value is -5.96.